The third-order valence-corrected chi connectivity index (χ3v) is 2.09. The van der Waals surface area contributed by atoms with Gasteiger partial charge in [-0.2, -0.15) is 0 Å². The molecule has 0 bridgehead atoms. The lowest BCUT2D eigenvalue weighted by Crippen LogP contribution is -2.16. The molecule has 16 heavy (non-hydrogen) atoms. The molecule has 3 N–H and O–H groups in total. The largest absolute Gasteiger partial charge is 0.477 e. The Morgan fingerprint density at radius 3 is 2.88 bits per heavy atom. The molecule has 88 valence electrons. The first kappa shape index (κ1) is 12.6. The van der Waals surface area contributed by atoms with Gasteiger partial charge < -0.3 is 15.5 Å². The number of aromatic carboxylic acids is 1. The van der Waals surface area contributed by atoms with Crippen molar-refractivity contribution < 1.29 is 15.0 Å². The van der Waals surface area contributed by atoms with E-state index in [2.05, 4.69) is 10.3 Å². The highest BCUT2D eigenvalue weighted by Gasteiger charge is 2.04. The number of aliphatic hydroxyl groups excluding tert-OH is 1. The maximum atomic E-state index is 10.7. The highest BCUT2D eigenvalue weighted by Crippen LogP contribution is 1.99. The van der Waals surface area contributed by atoms with Crippen LogP contribution in [0.3, 0.4) is 0 Å². The van der Waals surface area contributed by atoms with Gasteiger partial charge in [-0.15, -0.1) is 0 Å². The van der Waals surface area contributed by atoms with E-state index in [1.807, 2.05) is 0 Å². The fraction of sp³-hybridized carbons (Fsp3) is 0.455. The summed E-state index contributed by atoms with van der Waals surface area (Å²) < 4.78 is 0. The van der Waals surface area contributed by atoms with Crippen LogP contribution in [-0.2, 0) is 6.54 Å². The highest BCUT2D eigenvalue weighted by molar-refractivity contribution is 5.85. The van der Waals surface area contributed by atoms with Crippen LogP contribution in [-0.4, -0.2) is 34.3 Å². The Bertz CT molecular complexity index is 342. The molecule has 1 aromatic heterocycles. The number of carboxylic acids is 1. The monoisotopic (exact) mass is 224 g/mol. The molecule has 0 unspecified atom stereocenters. The van der Waals surface area contributed by atoms with Gasteiger partial charge in [-0.25, -0.2) is 9.78 Å². The minimum atomic E-state index is -1.01. The van der Waals surface area contributed by atoms with E-state index in [4.69, 9.17) is 10.2 Å². The molecule has 0 amide bonds. The molecule has 0 aliphatic heterocycles. The van der Waals surface area contributed by atoms with Gasteiger partial charge in [-0.3, -0.25) is 0 Å². The van der Waals surface area contributed by atoms with E-state index in [1.165, 1.54) is 6.07 Å². The van der Waals surface area contributed by atoms with E-state index in [9.17, 15) is 4.79 Å². The summed E-state index contributed by atoms with van der Waals surface area (Å²) in [5.41, 5.74) is 0.776. The molecule has 0 fully saturated rings. The van der Waals surface area contributed by atoms with Gasteiger partial charge in [0.25, 0.3) is 0 Å². The van der Waals surface area contributed by atoms with Crippen LogP contribution in [0.1, 0.15) is 29.0 Å². The van der Waals surface area contributed by atoms with Gasteiger partial charge in [0.1, 0.15) is 5.69 Å². The smallest absolute Gasteiger partial charge is 0.354 e. The van der Waals surface area contributed by atoms with E-state index in [0.717, 1.165) is 19.4 Å². The second-order valence-corrected chi connectivity index (χ2v) is 3.43. The molecule has 5 nitrogen and oxygen atoms in total. The van der Waals surface area contributed by atoms with Crippen molar-refractivity contribution in [2.45, 2.75) is 19.4 Å². The molecule has 0 saturated heterocycles. The standard InChI is InChI=1S/C11H16N2O3/c14-7-2-1-6-12-8-9-4-3-5-10(13-9)11(15)16/h3-5,12,14H,1-2,6-8H2,(H,15,16). The summed E-state index contributed by atoms with van der Waals surface area (Å²) in [6.07, 6.45) is 1.67. The molecule has 0 saturated carbocycles. The molecule has 5 heteroatoms. The lowest BCUT2D eigenvalue weighted by atomic mass is 10.3. The Labute approximate surface area is 94.1 Å². The summed E-state index contributed by atoms with van der Waals surface area (Å²) in [6.45, 7) is 1.54. The van der Waals surface area contributed by atoms with E-state index >= 15 is 0 Å². The number of hydrogen-bond acceptors (Lipinski definition) is 4. The van der Waals surface area contributed by atoms with Gasteiger partial charge in [0, 0.05) is 13.2 Å². The van der Waals surface area contributed by atoms with Gasteiger partial charge in [-0.05, 0) is 31.5 Å². The summed E-state index contributed by atoms with van der Waals surface area (Å²) in [5.74, 6) is -1.01. The first-order valence-electron chi connectivity index (χ1n) is 5.25. The molecular formula is C11H16N2O3. The van der Waals surface area contributed by atoms with E-state index in [-0.39, 0.29) is 12.3 Å². The van der Waals surface area contributed by atoms with Gasteiger partial charge in [0.2, 0.25) is 0 Å². The molecule has 0 radical (unpaired) electrons. The fourth-order valence-electron chi connectivity index (χ4n) is 1.28. The quantitative estimate of drug-likeness (QED) is 0.592. The Hall–Kier alpha value is -1.46. The van der Waals surface area contributed by atoms with Crippen LogP contribution in [0.4, 0.5) is 0 Å². The maximum Gasteiger partial charge on any atom is 0.354 e. The van der Waals surface area contributed by atoms with Crippen molar-refractivity contribution in [2.24, 2.45) is 0 Å². The Morgan fingerprint density at radius 1 is 1.38 bits per heavy atom. The lowest BCUT2D eigenvalue weighted by Gasteiger charge is -2.04. The number of unbranched alkanes of at least 4 members (excludes halogenated alkanes) is 1. The second kappa shape index (κ2) is 6.92. The molecular weight excluding hydrogens is 208 g/mol. The number of aromatic nitrogens is 1. The number of nitrogens with one attached hydrogen (secondary N) is 1. The number of carboxylic acid groups (broad SMARTS) is 1. The molecule has 0 aliphatic carbocycles. The van der Waals surface area contributed by atoms with E-state index in [0.29, 0.717) is 12.2 Å². The van der Waals surface area contributed by atoms with E-state index in [1.54, 1.807) is 12.1 Å². The summed E-state index contributed by atoms with van der Waals surface area (Å²) in [6, 6.07) is 4.93. The van der Waals surface area contributed by atoms with Crippen LogP contribution < -0.4 is 5.32 Å². The molecule has 1 heterocycles. The SMILES string of the molecule is O=C(O)c1cccc(CNCCCCO)n1. The van der Waals surface area contributed by atoms with Crippen molar-refractivity contribution in [3.8, 4) is 0 Å². The van der Waals surface area contributed by atoms with Crippen LogP contribution in [0.5, 0.6) is 0 Å². The molecule has 1 rings (SSSR count). The number of aliphatic hydroxyl groups is 1. The zero-order valence-corrected chi connectivity index (χ0v) is 9.02. The topological polar surface area (TPSA) is 82.5 Å². The minimum Gasteiger partial charge on any atom is -0.477 e. The third kappa shape index (κ3) is 4.37. The number of rotatable bonds is 7. The van der Waals surface area contributed by atoms with Crippen molar-refractivity contribution in [1.29, 1.82) is 0 Å². The number of pyridine rings is 1. The molecule has 0 aliphatic rings. The molecule has 0 aromatic carbocycles. The Balaban J connectivity index is 2.36. The summed E-state index contributed by atoms with van der Waals surface area (Å²) in [4.78, 5) is 14.6. The lowest BCUT2D eigenvalue weighted by molar-refractivity contribution is 0.0690. The Kier molecular flexibility index (Phi) is 5.45. The zero-order chi connectivity index (χ0) is 11.8. The number of carbonyl (C=O) groups is 1. The summed E-state index contributed by atoms with van der Waals surface area (Å²) >= 11 is 0. The molecule has 1 aromatic rings. The highest BCUT2D eigenvalue weighted by atomic mass is 16.4. The predicted octanol–water partition coefficient (Wildman–Crippen LogP) is 0.642. The number of hydrogen-bond donors (Lipinski definition) is 3. The molecule has 0 atom stereocenters. The van der Waals surface area contributed by atoms with Crippen molar-refractivity contribution in [2.75, 3.05) is 13.2 Å². The summed E-state index contributed by atoms with van der Waals surface area (Å²) in [5, 5.41) is 20.5. The first-order chi connectivity index (χ1) is 7.74. The average molecular weight is 224 g/mol. The van der Waals surface area contributed by atoms with Gasteiger partial charge >= 0.3 is 5.97 Å². The van der Waals surface area contributed by atoms with Crippen molar-refractivity contribution >= 4 is 5.97 Å². The van der Waals surface area contributed by atoms with Gasteiger partial charge in [0.15, 0.2) is 0 Å². The predicted molar refractivity (Wildman–Crippen MR) is 59.2 cm³/mol. The van der Waals surface area contributed by atoms with Crippen molar-refractivity contribution in [3.63, 3.8) is 0 Å². The van der Waals surface area contributed by atoms with Crippen molar-refractivity contribution in [1.82, 2.24) is 10.3 Å². The van der Waals surface area contributed by atoms with Gasteiger partial charge in [-0.1, -0.05) is 6.07 Å². The first-order valence-corrected chi connectivity index (χ1v) is 5.25. The van der Waals surface area contributed by atoms with Gasteiger partial charge in [0.05, 0.1) is 5.69 Å². The Morgan fingerprint density at radius 2 is 2.19 bits per heavy atom. The van der Waals surface area contributed by atoms with Crippen LogP contribution in [0, 0.1) is 0 Å². The number of nitrogens with zero attached hydrogens (tertiary/aromatic N) is 1. The normalized spacial score (nSPS) is 10.3. The minimum absolute atomic E-state index is 0.0645. The second-order valence-electron chi connectivity index (χ2n) is 3.43. The van der Waals surface area contributed by atoms with E-state index < -0.39 is 5.97 Å². The van der Waals surface area contributed by atoms with Crippen molar-refractivity contribution in [3.05, 3.63) is 29.6 Å². The van der Waals surface area contributed by atoms with Crippen LogP contribution in [0.15, 0.2) is 18.2 Å². The summed E-state index contributed by atoms with van der Waals surface area (Å²) in [7, 11) is 0. The van der Waals surface area contributed by atoms with Crippen LogP contribution in [0.2, 0.25) is 0 Å². The molecule has 0 spiro atoms. The average Bonchev–Trinajstić information content (AvgIpc) is 2.29. The maximum absolute atomic E-state index is 10.7. The third-order valence-electron chi connectivity index (χ3n) is 2.09. The zero-order valence-electron chi connectivity index (χ0n) is 9.02. The van der Waals surface area contributed by atoms with Crippen LogP contribution in [0.25, 0.3) is 0 Å². The fourth-order valence-corrected chi connectivity index (χ4v) is 1.28. The van der Waals surface area contributed by atoms with Crippen LogP contribution >= 0.6 is 0 Å².